The van der Waals surface area contributed by atoms with Gasteiger partial charge in [0.25, 0.3) is 0 Å². The Morgan fingerprint density at radius 2 is 1.67 bits per heavy atom. The van der Waals surface area contributed by atoms with Crippen molar-refractivity contribution in [2.45, 2.75) is 64.8 Å². The lowest BCUT2D eigenvalue weighted by atomic mass is 9.74. The lowest BCUT2D eigenvalue weighted by molar-refractivity contribution is 0.0143. The van der Waals surface area contributed by atoms with E-state index in [4.69, 9.17) is 0 Å². The molecule has 0 amide bonds. The molecule has 1 saturated carbocycles. The quantitative estimate of drug-likeness (QED) is 0.591. The second-order valence-corrected chi connectivity index (χ2v) is 7.53. The molecule has 3 heteroatoms. The van der Waals surface area contributed by atoms with Crippen LogP contribution in [0.5, 0.6) is 0 Å². The normalized spacial score (nSPS) is 18.3. The average molecular weight is 298 g/mol. The molecule has 1 aliphatic carbocycles. The van der Waals surface area contributed by atoms with E-state index in [0.717, 1.165) is 13.1 Å². The maximum atomic E-state index is 3.66. The van der Waals surface area contributed by atoms with Crippen molar-refractivity contribution in [1.29, 1.82) is 0 Å². The summed E-state index contributed by atoms with van der Waals surface area (Å²) in [6.45, 7) is 11.7. The summed E-state index contributed by atoms with van der Waals surface area (Å²) < 4.78 is 0. The van der Waals surface area contributed by atoms with Crippen LogP contribution in [0.25, 0.3) is 0 Å². The Hall–Kier alpha value is -0.120. The summed E-state index contributed by atoms with van der Waals surface area (Å²) in [7, 11) is 6.83. The first kappa shape index (κ1) is 18.9. The van der Waals surface area contributed by atoms with Gasteiger partial charge in [0.1, 0.15) is 0 Å². The van der Waals surface area contributed by atoms with E-state index in [1.807, 2.05) is 0 Å². The van der Waals surface area contributed by atoms with Gasteiger partial charge in [0.2, 0.25) is 0 Å². The van der Waals surface area contributed by atoms with E-state index in [2.05, 4.69) is 57.0 Å². The van der Waals surface area contributed by atoms with Gasteiger partial charge in [0, 0.05) is 25.2 Å². The van der Waals surface area contributed by atoms with Crippen molar-refractivity contribution in [1.82, 2.24) is 15.1 Å². The summed E-state index contributed by atoms with van der Waals surface area (Å²) in [4.78, 5) is 5.06. The minimum absolute atomic E-state index is 0.432. The van der Waals surface area contributed by atoms with E-state index in [1.54, 1.807) is 0 Å². The molecule has 0 saturated heterocycles. The highest BCUT2D eigenvalue weighted by Crippen LogP contribution is 2.37. The van der Waals surface area contributed by atoms with Crippen LogP contribution in [0.2, 0.25) is 0 Å². The third-order valence-corrected chi connectivity index (χ3v) is 5.83. The fraction of sp³-hybridized carbons (Fsp3) is 1.00. The number of likely N-dealkylation sites (N-methyl/N-ethyl adjacent to an activating group) is 2. The van der Waals surface area contributed by atoms with Crippen LogP contribution in [0.3, 0.4) is 0 Å². The minimum Gasteiger partial charge on any atom is -0.316 e. The molecule has 0 bridgehead atoms. The van der Waals surface area contributed by atoms with Gasteiger partial charge in [-0.2, -0.15) is 0 Å². The van der Waals surface area contributed by atoms with Gasteiger partial charge in [-0.1, -0.05) is 20.8 Å². The highest BCUT2D eigenvalue weighted by Gasteiger charge is 2.40. The highest BCUT2D eigenvalue weighted by molar-refractivity contribution is 4.98. The topological polar surface area (TPSA) is 18.5 Å². The van der Waals surface area contributed by atoms with Gasteiger partial charge in [0.05, 0.1) is 0 Å². The number of hydrogen-bond donors (Lipinski definition) is 1. The molecule has 1 aliphatic rings. The fourth-order valence-electron chi connectivity index (χ4n) is 3.77. The van der Waals surface area contributed by atoms with Crippen LogP contribution >= 0.6 is 0 Å². The summed E-state index contributed by atoms with van der Waals surface area (Å²) in [6, 6.07) is 0. The molecule has 1 N–H and O–H groups in total. The third-order valence-electron chi connectivity index (χ3n) is 5.83. The molecule has 0 aromatic rings. The van der Waals surface area contributed by atoms with Crippen LogP contribution in [0, 0.1) is 5.41 Å². The summed E-state index contributed by atoms with van der Waals surface area (Å²) in [5.41, 5.74) is 0.875. The van der Waals surface area contributed by atoms with Crippen molar-refractivity contribution in [3.05, 3.63) is 0 Å². The predicted octanol–water partition coefficient (Wildman–Crippen LogP) is 3.21. The van der Waals surface area contributed by atoms with Crippen molar-refractivity contribution in [2.24, 2.45) is 5.41 Å². The summed E-state index contributed by atoms with van der Waals surface area (Å²) in [5, 5.41) is 3.66. The van der Waals surface area contributed by atoms with Crippen LogP contribution in [0.4, 0.5) is 0 Å². The van der Waals surface area contributed by atoms with Crippen LogP contribution in [-0.4, -0.2) is 62.7 Å². The van der Waals surface area contributed by atoms with Crippen molar-refractivity contribution >= 4 is 0 Å². The molecular weight excluding hydrogens is 258 g/mol. The monoisotopic (exact) mass is 297 g/mol. The van der Waals surface area contributed by atoms with Gasteiger partial charge >= 0.3 is 0 Å². The molecule has 0 aliphatic heterocycles. The minimum atomic E-state index is 0.432. The van der Waals surface area contributed by atoms with Gasteiger partial charge in [-0.3, -0.25) is 0 Å². The van der Waals surface area contributed by atoms with Crippen LogP contribution in [0.1, 0.15) is 59.3 Å². The number of rotatable bonds is 11. The Morgan fingerprint density at radius 3 is 2.05 bits per heavy atom. The van der Waals surface area contributed by atoms with Crippen molar-refractivity contribution < 1.29 is 0 Å². The van der Waals surface area contributed by atoms with Crippen LogP contribution in [-0.2, 0) is 0 Å². The van der Waals surface area contributed by atoms with Gasteiger partial charge in [-0.05, 0) is 71.6 Å². The Labute approximate surface area is 133 Å². The first-order valence-electron chi connectivity index (χ1n) is 9.00. The smallest absolute Gasteiger partial charge is 0.0330 e. The zero-order valence-corrected chi connectivity index (χ0v) is 15.5. The zero-order valence-electron chi connectivity index (χ0n) is 15.5. The molecule has 1 fully saturated rings. The molecule has 0 atom stereocenters. The van der Waals surface area contributed by atoms with Crippen molar-refractivity contribution in [2.75, 3.05) is 47.3 Å². The van der Waals surface area contributed by atoms with Crippen LogP contribution in [0.15, 0.2) is 0 Å². The lowest BCUT2D eigenvalue weighted by Crippen LogP contribution is -2.58. The standard InChI is InChI=1S/C18H39N3/c1-7-13-19-14-17(8-2,9-3)15-21(6)16-18(20(4)5)11-10-12-18/h19H,7-16H2,1-6H3. The fourth-order valence-corrected chi connectivity index (χ4v) is 3.77. The summed E-state index contributed by atoms with van der Waals surface area (Å²) >= 11 is 0. The molecule has 0 aromatic carbocycles. The van der Waals surface area contributed by atoms with E-state index in [9.17, 15) is 0 Å². The molecule has 0 aromatic heterocycles. The van der Waals surface area contributed by atoms with E-state index >= 15 is 0 Å². The third kappa shape index (κ3) is 4.94. The summed E-state index contributed by atoms with van der Waals surface area (Å²) in [6.07, 6.45) is 7.88. The van der Waals surface area contributed by atoms with Crippen molar-refractivity contribution in [3.8, 4) is 0 Å². The Balaban J connectivity index is 2.57. The second kappa shape index (κ2) is 8.50. The second-order valence-electron chi connectivity index (χ2n) is 7.53. The van der Waals surface area contributed by atoms with Gasteiger partial charge in [-0.25, -0.2) is 0 Å². The molecule has 0 radical (unpaired) electrons. The van der Waals surface area contributed by atoms with Crippen molar-refractivity contribution in [3.63, 3.8) is 0 Å². The molecule has 0 heterocycles. The van der Waals surface area contributed by atoms with E-state index < -0.39 is 0 Å². The highest BCUT2D eigenvalue weighted by atomic mass is 15.2. The number of hydrogen-bond acceptors (Lipinski definition) is 3. The Kier molecular flexibility index (Phi) is 7.66. The molecule has 1 rings (SSSR count). The molecule has 0 unspecified atom stereocenters. The van der Waals surface area contributed by atoms with E-state index in [1.165, 1.54) is 51.6 Å². The molecule has 0 spiro atoms. The molecular formula is C18H39N3. The average Bonchev–Trinajstić information content (AvgIpc) is 2.41. The largest absolute Gasteiger partial charge is 0.316 e. The number of nitrogens with zero attached hydrogens (tertiary/aromatic N) is 2. The maximum absolute atomic E-state index is 3.66. The van der Waals surface area contributed by atoms with Gasteiger partial charge < -0.3 is 15.1 Å². The SMILES string of the molecule is CCCNCC(CC)(CC)CN(C)CC1(N(C)C)CCC1. The first-order chi connectivity index (χ1) is 9.93. The summed E-state index contributed by atoms with van der Waals surface area (Å²) in [5.74, 6) is 0. The first-order valence-corrected chi connectivity index (χ1v) is 9.00. The van der Waals surface area contributed by atoms with Crippen LogP contribution < -0.4 is 5.32 Å². The molecule has 126 valence electrons. The Morgan fingerprint density at radius 1 is 1.05 bits per heavy atom. The van der Waals surface area contributed by atoms with Gasteiger partial charge in [0.15, 0.2) is 0 Å². The predicted molar refractivity (Wildman–Crippen MR) is 93.9 cm³/mol. The van der Waals surface area contributed by atoms with E-state index in [0.29, 0.717) is 11.0 Å². The zero-order chi connectivity index (χ0) is 15.9. The Bertz CT molecular complexity index is 280. The van der Waals surface area contributed by atoms with Gasteiger partial charge in [-0.15, -0.1) is 0 Å². The van der Waals surface area contributed by atoms with E-state index in [-0.39, 0.29) is 0 Å². The molecule has 3 nitrogen and oxygen atoms in total. The lowest BCUT2D eigenvalue weighted by Gasteiger charge is -2.50. The maximum Gasteiger partial charge on any atom is 0.0330 e. The molecule has 21 heavy (non-hydrogen) atoms. The number of nitrogens with one attached hydrogen (secondary N) is 1.